The van der Waals surface area contributed by atoms with E-state index in [-0.39, 0.29) is 0 Å². The third-order valence-electron chi connectivity index (χ3n) is 3.27. The third kappa shape index (κ3) is 2.78. The van der Waals surface area contributed by atoms with Gasteiger partial charge >= 0.3 is 0 Å². The predicted octanol–water partition coefficient (Wildman–Crippen LogP) is 3.03. The van der Waals surface area contributed by atoms with Crippen molar-refractivity contribution in [2.45, 2.75) is 39.4 Å². The molecule has 15 heavy (non-hydrogen) atoms. The minimum Gasteiger partial charge on any atom is -0.372 e. The second-order valence-corrected chi connectivity index (χ2v) is 4.73. The Morgan fingerprint density at radius 3 is 2.80 bits per heavy atom. The average molecular weight is 205 g/mol. The van der Waals surface area contributed by atoms with Gasteiger partial charge in [-0.15, -0.1) is 0 Å². The van der Waals surface area contributed by atoms with E-state index in [1.165, 1.54) is 12.8 Å². The summed E-state index contributed by atoms with van der Waals surface area (Å²) in [5.41, 5.74) is 1.03. The summed E-state index contributed by atoms with van der Waals surface area (Å²) in [6.07, 6.45) is 4.74. The van der Waals surface area contributed by atoms with Crippen LogP contribution in [0.25, 0.3) is 0 Å². The SMILES string of the molecule is CC(C)C1CC(OCc2ccccn2)C1. The van der Waals surface area contributed by atoms with E-state index in [0.29, 0.717) is 12.7 Å². The van der Waals surface area contributed by atoms with E-state index in [1.807, 2.05) is 24.4 Å². The predicted molar refractivity (Wildman–Crippen MR) is 60.4 cm³/mol. The molecule has 1 fully saturated rings. The van der Waals surface area contributed by atoms with Crippen LogP contribution in [-0.4, -0.2) is 11.1 Å². The molecule has 0 bridgehead atoms. The lowest BCUT2D eigenvalue weighted by atomic mass is 9.75. The number of nitrogens with zero attached hydrogens (tertiary/aromatic N) is 1. The minimum absolute atomic E-state index is 0.472. The van der Waals surface area contributed by atoms with Crippen molar-refractivity contribution in [1.29, 1.82) is 0 Å². The van der Waals surface area contributed by atoms with Crippen LogP contribution in [0.1, 0.15) is 32.4 Å². The Labute approximate surface area is 91.7 Å². The van der Waals surface area contributed by atoms with E-state index in [0.717, 1.165) is 17.5 Å². The van der Waals surface area contributed by atoms with Gasteiger partial charge < -0.3 is 4.74 Å². The fraction of sp³-hybridized carbons (Fsp3) is 0.615. The normalized spacial score (nSPS) is 25.3. The average Bonchev–Trinajstić information content (AvgIpc) is 2.16. The van der Waals surface area contributed by atoms with E-state index in [4.69, 9.17) is 4.74 Å². The van der Waals surface area contributed by atoms with Crippen molar-refractivity contribution in [2.75, 3.05) is 0 Å². The number of hydrogen-bond donors (Lipinski definition) is 0. The Balaban J connectivity index is 1.69. The summed E-state index contributed by atoms with van der Waals surface area (Å²) in [6, 6.07) is 5.95. The van der Waals surface area contributed by atoms with Crippen LogP contribution >= 0.6 is 0 Å². The first-order valence-corrected chi connectivity index (χ1v) is 5.77. The molecule has 0 radical (unpaired) electrons. The number of rotatable bonds is 4. The fourth-order valence-electron chi connectivity index (χ4n) is 1.97. The lowest BCUT2D eigenvalue weighted by molar-refractivity contribution is -0.0529. The second kappa shape index (κ2) is 4.75. The summed E-state index contributed by atoms with van der Waals surface area (Å²) >= 11 is 0. The number of aromatic nitrogens is 1. The van der Waals surface area contributed by atoms with Gasteiger partial charge in [-0.2, -0.15) is 0 Å². The molecule has 0 spiro atoms. The van der Waals surface area contributed by atoms with Crippen molar-refractivity contribution in [3.63, 3.8) is 0 Å². The maximum absolute atomic E-state index is 5.78. The van der Waals surface area contributed by atoms with Gasteiger partial charge in [0.1, 0.15) is 0 Å². The molecule has 82 valence electrons. The summed E-state index contributed by atoms with van der Waals surface area (Å²) < 4.78 is 5.78. The molecule has 0 aliphatic heterocycles. The Hall–Kier alpha value is -0.890. The Morgan fingerprint density at radius 1 is 1.40 bits per heavy atom. The molecule has 1 aliphatic rings. The third-order valence-corrected chi connectivity index (χ3v) is 3.27. The van der Waals surface area contributed by atoms with Crippen LogP contribution in [0.4, 0.5) is 0 Å². The molecule has 1 saturated carbocycles. The largest absolute Gasteiger partial charge is 0.372 e. The zero-order valence-corrected chi connectivity index (χ0v) is 9.52. The first-order chi connectivity index (χ1) is 7.25. The highest BCUT2D eigenvalue weighted by Gasteiger charge is 2.31. The van der Waals surface area contributed by atoms with Crippen LogP contribution in [0.15, 0.2) is 24.4 Å². The number of hydrogen-bond acceptors (Lipinski definition) is 2. The smallest absolute Gasteiger partial charge is 0.0891 e. The van der Waals surface area contributed by atoms with Gasteiger partial charge in [0.25, 0.3) is 0 Å². The van der Waals surface area contributed by atoms with Crippen LogP contribution in [0.5, 0.6) is 0 Å². The topological polar surface area (TPSA) is 22.1 Å². The van der Waals surface area contributed by atoms with Crippen molar-refractivity contribution in [1.82, 2.24) is 4.98 Å². The Kier molecular flexibility index (Phi) is 3.37. The van der Waals surface area contributed by atoms with Crippen molar-refractivity contribution in [3.8, 4) is 0 Å². The van der Waals surface area contributed by atoms with Gasteiger partial charge in [0.05, 0.1) is 18.4 Å². The molecular formula is C13H19NO. The highest BCUT2D eigenvalue weighted by atomic mass is 16.5. The first kappa shape index (κ1) is 10.6. The monoisotopic (exact) mass is 205 g/mol. The molecule has 1 aliphatic carbocycles. The molecule has 1 aromatic heterocycles. The summed E-state index contributed by atoms with van der Waals surface area (Å²) in [5.74, 6) is 1.68. The molecule has 2 rings (SSSR count). The molecule has 2 heteroatoms. The van der Waals surface area contributed by atoms with Crippen molar-refractivity contribution < 1.29 is 4.74 Å². The van der Waals surface area contributed by atoms with E-state index in [9.17, 15) is 0 Å². The van der Waals surface area contributed by atoms with Crippen molar-refractivity contribution >= 4 is 0 Å². The van der Waals surface area contributed by atoms with Crippen LogP contribution in [0.2, 0.25) is 0 Å². The molecule has 0 atom stereocenters. The van der Waals surface area contributed by atoms with Crippen LogP contribution in [0, 0.1) is 11.8 Å². The summed E-state index contributed by atoms with van der Waals surface area (Å²) in [4.78, 5) is 4.24. The highest BCUT2D eigenvalue weighted by molar-refractivity contribution is 5.02. The van der Waals surface area contributed by atoms with Gasteiger partial charge in [0.15, 0.2) is 0 Å². The molecule has 0 saturated heterocycles. The minimum atomic E-state index is 0.472. The molecule has 0 aromatic carbocycles. The van der Waals surface area contributed by atoms with Crippen LogP contribution < -0.4 is 0 Å². The summed E-state index contributed by atoms with van der Waals surface area (Å²) in [6.45, 7) is 5.25. The maximum atomic E-state index is 5.78. The van der Waals surface area contributed by atoms with Crippen LogP contribution in [0.3, 0.4) is 0 Å². The molecule has 1 aromatic rings. The Bertz CT molecular complexity index is 291. The fourth-order valence-corrected chi connectivity index (χ4v) is 1.97. The molecular weight excluding hydrogens is 186 g/mol. The van der Waals surface area contributed by atoms with E-state index >= 15 is 0 Å². The lowest BCUT2D eigenvalue weighted by Gasteiger charge is -2.37. The van der Waals surface area contributed by atoms with Gasteiger partial charge in [0.2, 0.25) is 0 Å². The maximum Gasteiger partial charge on any atom is 0.0891 e. The molecule has 0 amide bonds. The van der Waals surface area contributed by atoms with Crippen molar-refractivity contribution in [2.24, 2.45) is 11.8 Å². The van der Waals surface area contributed by atoms with Gasteiger partial charge in [0, 0.05) is 6.20 Å². The standard InChI is InChI=1S/C13H19NO/c1-10(2)11-7-13(8-11)15-9-12-5-3-4-6-14-12/h3-6,10-11,13H,7-9H2,1-2H3. The van der Waals surface area contributed by atoms with Gasteiger partial charge in [-0.3, -0.25) is 4.98 Å². The zero-order valence-electron chi connectivity index (χ0n) is 9.52. The molecule has 1 heterocycles. The first-order valence-electron chi connectivity index (χ1n) is 5.77. The molecule has 0 unspecified atom stereocenters. The number of ether oxygens (including phenoxy) is 1. The van der Waals surface area contributed by atoms with E-state index in [1.54, 1.807) is 0 Å². The molecule has 2 nitrogen and oxygen atoms in total. The van der Waals surface area contributed by atoms with E-state index in [2.05, 4.69) is 18.8 Å². The van der Waals surface area contributed by atoms with Gasteiger partial charge in [-0.05, 0) is 36.8 Å². The lowest BCUT2D eigenvalue weighted by Crippen LogP contribution is -2.34. The van der Waals surface area contributed by atoms with Gasteiger partial charge in [-0.1, -0.05) is 19.9 Å². The van der Waals surface area contributed by atoms with Crippen LogP contribution in [-0.2, 0) is 11.3 Å². The second-order valence-electron chi connectivity index (χ2n) is 4.73. The zero-order chi connectivity index (χ0) is 10.7. The molecule has 0 N–H and O–H groups in total. The highest BCUT2D eigenvalue weighted by Crippen LogP contribution is 2.35. The quantitative estimate of drug-likeness (QED) is 0.753. The number of pyridine rings is 1. The van der Waals surface area contributed by atoms with E-state index < -0.39 is 0 Å². The van der Waals surface area contributed by atoms with Gasteiger partial charge in [-0.25, -0.2) is 0 Å². The Morgan fingerprint density at radius 2 is 2.20 bits per heavy atom. The summed E-state index contributed by atoms with van der Waals surface area (Å²) in [5, 5.41) is 0. The van der Waals surface area contributed by atoms with Crippen molar-refractivity contribution in [3.05, 3.63) is 30.1 Å². The summed E-state index contributed by atoms with van der Waals surface area (Å²) in [7, 11) is 0.